The zero-order valence-electron chi connectivity index (χ0n) is 14.0. The fourth-order valence-corrected chi connectivity index (χ4v) is 4.13. The molecule has 1 heterocycles. The number of sulfone groups is 1. The highest BCUT2D eigenvalue weighted by Gasteiger charge is 2.24. The molecule has 24 heavy (non-hydrogen) atoms. The summed E-state index contributed by atoms with van der Waals surface area (Å²) in [6.07, 6.45) is 1.76. The Morgan fingerprint density at radius 2 is 1.79 bits per heavy atom. The van der Waals surface area contributed by atoms with E-state index in [1.165, 1.54) is 0 Å². The van der Waals surface area contributed by atoms with Gasteiger partial charge in [-0.25, -0.2) is 8.42 Å². The van der Waals surface area contributed by atoms with Crippen molar-refractivity contribution < 1.29 is 17.9 Å². The Kier molecular flexibility index (Phi) is 4.92. The van der Waals surface area contributed by atoms with E-state index in [2.05, 4.69) is 6.92 Å². The largest absolute Gasteiger partial charge is 0.491 e. The molecule has 2 aromatic rings. The van der Waals surface area contributed by atoms with Crippen molar-refractivity contribution in [2.24, 2.45) is 0 Å². The van der Waals surface area contributed by atoms with Crippen LogP contribution < -0.4 is 4.74 Å². The predicted octanol–water partition coefficient (Wildman–Crippen LogP) is 3.42. The molecule has 0 aromatic heterocycles. The smallest absolute Gasteiger partial charge is 0.206 e. The average molecular weight is 346 g/mol. The zero-order valence-corrected chi connectivity index (χ0v) is 14.8. The Balaban J connectivity index is 1.86. The molecule has 0 spiro atoms. The SMILES string of the molecule is CCc1ccc(S(=O)(=O)c2ccc(OCC3CO3)cc2)c(CC)c1. The maximum Gasteiger partial charge on any atom is 0.206 e. The summed E-state index contributed by atoms with van der Waals surface area (Å²) >= 11 is 0. The fourth-order valence-electron chi connectivity index (χ4n) is 2.59. The van der Waals surface area contributed by atoms with E-state index in [9.17, 15) is 8.42 Å². The summed E-state index contributed by atoms with van der Waals surface area (Å²) in [7, 11) is -3.52. The van der Waals surface area contributed by atoms with E-state index in [1.807, 2.05) is 19.1 Å². The van der Waals surface area contributed by atoms with Crippen molar-refractivity contribution in [2.45, 2.75) is 42.6 Å². The highest BCUT2D eigenvalue weighted by atomic mass is 32.2. The normalized spacial score (nSPS) is 16.8. The topological polar surface area (TPSA) is 55.9 Å². The molecule has 1 fully saturated rings. The molecule has 1 saturated heterocycles. The monoisotopic (exact) mass is 346 g/mol. The number of benzene rings is 2. The summed E-state index contributed by atoms with van der Waals surface area (Å²) in [5.74, 6) is 0.654. The first-order chi connectivity index (χ1) is 11.5. The standard InChI is InChI=1S/C19H22O4S/c1-3-14-5-10-19(15(4-2)11-14)24(20,21)18-8-6-16(7-9-18)22-12-17-13-23-17/h5-11,17H,3-4,12-13H2,1-2H3. The molecule has 3 rings (SSSR count). The Bertz CT molecular complexity index is 806. The lowest BCUT2D eigenvalue weighted by atomic mass is 10.1. The molecule has 0 radical (unpaired) electrons. The highest BCUT2D eigenvalue weighted by Crippen LogP contribution is 2.27. The summed E-state index contributed by atoms with van der Waals surface area (Å²) < 4.78 is 36.5. The molecule has 128 valence electrons. The lowest BCUT2D eigenvalue weighted by molar-refractivity contribution is 0.263. The van der Waals surface area contributed by atoms with Gasteiger partial charge in [-0.05, 0) is 54.3 Å². The molecule has 4 nitrogen and oxygen atoms in total. The van der Waals surface area contributed by atoms with E-state index in [0.29, 0.717) is 23.7 Å². The molecule has 1 atom stereocenters. The van der Waals surface area contributed by atoms with Gasteiger partial charge in [0.15, 0.2) is 0 Å². The van der Waals surface area contributed by atoms with E-state index < -0.39 is 9.84 Å². The summed E-state index contributed by atoms with van der Waals surface area (Å²) in [5, 5.41) is 0. The van der Waals surface area contributed by atoms with Gasteiger partial charge in [0.1, 0.15) is 18.5 Å². The minimum absolute atomic E-state index is 0.178. The molecular weight excluding hydrogens is 324 g/mol. The first kappa shape index (κ1) is 17.0. The number of hydrogen-bond acceptors (Lipinski definition) is 4. The minimum atomic E-state index is -3.52. The molecule has 0 N–H and O–H groups in total. The van der Waals surface area contributed by atoms with Gasteiger partial charge in [-0.2, -0.15) is 0 Å². The summed E-state index contributed by atoms with van der Waals surface area (Å²) in [6, 6.07) is 12.2. The van der Waals surface area contributed by atoms with Crippen molar-refractivity contribution in [3.8, 4) is 5.75 Å². The van der Waals surface area contributed by atoms with Crippen LogP contribution in [0.15, 0.2) is 52.3 Å². The third-order valence-electron chi connectivity index (χ3n) is 4.18. The van der Waals surface area contributed by atoms with Crippen LogP contribution in [0, 0.1) is 0 Å². The molecule has 1 aliphatic heterocycles. The third-order valence-corrected chi connectivity index (χ3v) is 6.05. The zero-order chi connectivity index (χ0) is 17.2. The van der Waals surface area contributed by atoms with Gasteiger partial charge in [0.25, 0.3) is 0 Å². The van der Waals surface area contributed by atoms with E-state index in [-0.39, 0.29) is 11.0 Å². The highest BCUT2D eigenvalue weighted by molar-refractivity contribution is 7.91. The van der Waals surface area contributed by atoms with Crippen molar-refractivity contribution in [2.75, 3.05) is 13.2 Å². The Labute approximate surface area is 143 Å². The van der Waals surface area contributed by atoms with Crippen LogP contribution in [0.2, 0.25) is 0 Å². The number of rotatable bonds is 7. The van der Waals surface area contributed by atoms with E-state index >= 15 is 0 Å². The Morgan fingerprint density at radius 3 is 2.38 bits per heavy atom. The summed E-state index contributed by atoms with van der Waals surface area (Å²) in [6.45, 7) is 5.28. The second-order valence-corrected chi connectivity index (χ2v) is 7.81. The number of epoxide rings is 1. The van der Waals surface area contributed by atoms with Crippen molar-refractivity contribution in [1.29, 1.82) is 0 Å². The lowest BCUT2D eigenvalue weighted by Gasteiger charge is -2.12. The van der Waals surface area contributed by atoms with Crippen molar-refractivity contribution in [3.63, 3.8) is 0 Å². The maximum absolute atomic E-state index is 12.9. The molecule has 2 aromatic carbocycles. The molecule has 1 unspecified atom stereocenters. The maximum atomic E-state index is 12.9. The van der Waals surface area contributed by atoms with Gasteiger partial charge in [0, 0.05) is 0 Å². The molecule has 1 aliphatic rings. The van der Waals surface area contributed by atoms with Crippen LogP contribution in [-0.4, -0.2) is 27.7 Å². The Morgan fingerprint density at radius 1 is 1.08 bits per heavy atom. The van der Waals surface area contributed by atoms with Crippen LogP contribution in [0.3, 0.4) is 0 Å². The predicted molar refractivity (Wildman–Crippen MR) is 92.3 cm³/mol. The van der Waals surface area contributed by atoms with Crippen LogP contribution >= 0.6 is 0 Å². The second-order valence-electron chi connectivity index (χ2n) is 5.89. The van der Waals surface area contributed by atoms with Gasteiger partial charge in [-0.3, -0.25) is 0 Å². The van der Waals surface area contributed by atoms with E-state index in [4.69, 9.17) is 9.47 Å². The van der Waals surface area contributed by atoms with Crippen LogP contribution in [-0.2, 0) is 27.4 Å². The fraction of sp³-hybridized carbons (Fsp3) is 0.368. The summed E-state index contributed by atoms with van der Waals surface area (Å²) in [4.78, 5) is 0.679. The quantitative estimate of drug-likeness (QED) is 0.721. The van der Waals surface area contributed by atoms with E-state index in [0.717, 1.165) is 24.2 Å². The van der Waals surface area contributed by atoms with Gasteiger partial charge >= 0.3 is 0 Å². The van der Waals surface area contributed by atoms with Gasteiger partial charge in [-0.1, -0.05) is 26.0 Å². The van der Waals surface area contributed by atoms with E-state index in [1.54, 1.807) is 30.3 Å². The van der Waals surface area contributed by atoms with Gasteiger partial charge in [0.05, 0.1) is 16.4 Å². The van der Waals surface area contributed by atoms with Crippen LogP contribution in [0.4, 0.5) is 0 Å². The summed E-state index contributed by atoms with van der Waals surface area (Å²) in [5.41, 5.74) is 2.01. The number of aryl methyl sites for hydroxylation is 2. The lowest BCUT2D eigenvalue weighted by Crippen LogP contribution is -2.07. The first-order valence-electron chi connectivity index (χ1n) is 8.26. The average Bonchev–Trinajstić information content (AvgIpc) is 3.44. The molecule has 0 aliphatic carbocycles. The van der Waals surface area contributed by atoms with Crippen LogP contribution in [0.1, 0.15) is 25.0 Å². The van der Waals surface area contributed by atoms with Crippen LogP contribution in [0.25, 0.3) is 0 Å². The molecule has 0 amide bonds. The molecular formula is C19H22O4S. The van der Waals surface area contributed by atoms with Crippen molar-refractivity contribution in [1.82, 2.24) is 0 Å². The number of hydrogen-bond donors (Lipinski definition) is 0. The first-order valence-corrected chi connectivity index (χ1v) is 9.74. The molecule has 5 heteroatoms. The van der Waals surface area contributed by atoms with Gasteiger partial charge in [-0.15, -0.1) is 0 Å². The van der Waals surface area contributed by atoms with Crippen molar-refractivity contribution in [3.05, 3.63) is 53.6 Å². The van der Waals surface area contributed by atoms with Crippen LogP contribution in [0.5, 0.6) is 5.75 Å². The second kappa shape index (κ2) is 6.95. The van der Waals surface area contributed by atoms with Crippen molar-refractivity contribution >= 4 is 9.84 Å². The van der Waals surface area contributed by atoms with Gasteiger partial charge < -0.3 is 9.47 Å². The third kappa shape index (κ3) is 3.62. The molecule has 0 bridgehead atoms. The Hall–Kier alpha value is -1.85. The van der Waals surface area contributed by atoms with Gasteiger partial charge in [0.2, 0.25) is 9.84 Å². The minimum Gasteiger partial charge on any atom is -0.491 e. The number of ether oxygens (including phenoxy) is 2. The molecule has 0 saturated carbocycles.